The third-order valence-corrected chi connectivity index (χ3v) is 2.83. The molecule has 0 aliphatic heterocycles. The number of aldehydes is 1. The van der Waals surface area contributed by atoms with Crippen molar-refractivity contribution < 1.29 is 4.79 Å². The van der Waals surface area contributed by atoms with Gasteiger partial charge < -0.3 is 10.1 Å². The lowest BCUT2D eigenvalue weighted by atomic mass is 10.0. The van der Waals surface area contributed by atoms with E-state index in [0.29, 0.717) is 22.6 Å². The molecule has 1 atom stereocenters. The van der Waals surface area contributed by atoms with Crippen LogP contribution in [0.2, 0.25) is 10.0 Å². The van der Waals surface area contributed by atoms with Gasteiger partial charge in [-0.05, 0) is 17.7 Å². The van der Waals surface area contributed by atoms with Gasteiger partial charge in [-0.25, -0.2) is 0 Å². The van der Waals surface area contributed by atoms with Crippen molar-refractivity contribution in [3.63, 3.8) is 0 Å². The fourth-order valence-electron chi connectivity index (χ4n) is 1.40. The van der Waals surface area contributed by atoms with Crippen LogP contribution in [0.3, 0.4) is 0 Å². The SMILES string of the molecule is CC(C)NCC(C=O)c1ccc(Cl)cc1Cl. The maximum Gasteiger partial charge on any atom is 0.128 e. The fraction of sp³-hybridized carbons (Fsp3) is 0.417. The van der Waals surface area contributed by atoms with Crippen molar-refractivity contribution in [2.24, 2.45) is 0 Å². The van der Waals surface area contributed by atoms with Gasteiger partial charge in [-0.2, -0.15) is 0 Å². The van der Waals surface area contributed by atoms with Crippen LogP contribution in [0.4, 0.5) is 0 Å². The average molecular weight is 260 g/mol. The molecule has 0 radical (unpaired) electrons. The van der Waals surface area contributed by atoms with Crippen LogP contribution in [-0.4, -0.2) is 18.9 Å². The Morgan fingerprint density at radius 3 is 2.56 bits per heavy atom. The first kappa shape index (κ1) is 13.5. The van der Waals surface area contributed by atoms with Crippen LogP contribution in [0.1, 0.15) is 25.3 Å². The molecule has 0 heterocycles. The number of benzene rings is 1. The number of hydrogen-bond acceptors (Lipinski definition) is 2. The molecule has 0 saturated carbocycles. The molecule has 0 aliphatic rings. The molecule has 0 bridgehead atoms. The maximum atomic E-state index is 11.0. The highest BCUT2D eigenvalue weighted by molar-refractivity contribution is 6.35. The molecular weight excluding hydrogens is 245 g/mol. The molecule has 0 aliphatic carbocycles. The minimum atomic E-state index is -0.229. The number of halogens is 2. The van der Waals surface area contributed by atoms with Crippen LogP contribution in [-0.2, 0) is 4.79 Å². The Labute approximate surface area is 106 Å². The van der Waals surface area contributed by atoms with Crippen molar-refractivity contribution in [1.29, 1.82) is 0 Å². The predicted octanol–water partition coefficient (Wildman–Crippen LogP) is 3.27. The van der Waals surface area contributed by atoms with E-state index in [4.69, 9.17) is 23.2 Å². The molecule has 2 nitrogen and oxygen atoms in total. The monoisotopic (exact) mass is 259 g/mol. The second-order valence-corrected chi connectivity index (χ2v) is 4.81. The van der Waals surface area contributed by atoms with Gasteiger partial charge in [0.2, 0.25) is 0 Å². The Bertz CT molecular complexity index is 366. The molecule has 0 aromatic heterocycles. The first-order valence-corrected chi connectivity index (χ1v) is 5.93. The summed E-state index contributed by atoms with van der Waals surface area (Å²) in [6.07, 6.45) is 0.907. The minimum absolute atomic E-state index is 0.229. The number of carbonyl (C=O) groups excluding carboxylic acids is 1. The van der Waals surface area contributed by atoms with Gasteiger partial charge in [0.25, 0.3) is 0 Å². The fourth-order valence-corrected chi connectivity index (χ4v) is 1.94. The van der Waals surface area contributed by atoms with Gasteiger partial charge in [-0.15, -0.1) is 0 Å². The van der Waals surface area contributed by atoms with Crippen molar-refractivity contribution in [1.82, 2.24) is 5.32 Å². The zero-order chi connectivity index (χ0) is 12.1. The summed E-state index contributed by atoms with van der Waals surface area (Å²) in [5, 5.41) is 4.33. The van der Waals surface area contributed by atoms with Crippen molar-refractivity contribution >= 4 is 29.5 Å². The van der Waals surface area contributed by atoms with E-state index in [0.717, 1.165) is 11.8 Å². The van der Waals surface area contributed by atoms with E-state index in [2.05, 4.69) is 5.32 Å². The smallest absolute Gasteiger partial charge is 0.128 e. The van der Waals surface area contributed by atoms with E-state index in [1.807, 2.05) is 13.8 Å². The van der Waals surface area contributed by atoms with Gasteiger partial charge in [0.05, 0.1) is 5.92 Å². The molecule has 1 N–H and O–H groups in total. The highest BCUT2D eigenvalue weighted by Gasteiger charge is 2.14. The lowest BCUT2D eigenvalue weighted by molar-refractivity contribution is -0.109. The zero-order valence-electron chi connectivity index (χ0n) is 9.34. The number of carbonyl (C=O) groups is 1. The van der Waals surface area contributed by atoms with Crippen LogP contribution in [0.15, 0.2) is 18.2 Å². The molecule has 0 spiro atoms. The standard InChI is InChI=1S/C12H15Cl2NO/c1-8(2)15-6-9(7-16)11-4-3-10(13)5-12(11)14/h3-5,7-9,15H,6H2,1-2H3. The second kappa shape index (κ2) is 6.24. The molecule has 16 heavy (non-hydrogen) atoms. The van der Waals surface area contributed by atoms with Crippen molar-refractivity contribution in [2.75, 3.05) is 6.54 Å². The van der Waals surface area contributed by atoms with Gasteiger partial charge >= 0.3 is 0 Å². The van der Waals surface area contributed by atoms with E-state index in [1.54, 1.807) is 18.2 Å². The third-order valence-electron chi connectivity index (χ3n) is 2.27. The molecule has 88 valence electrons. The summed E-state index contributed by atoms with van der Waals surface area (Å²) in [6, 6.07) is 5.54. The summed E-state index contributed by atoms with van der Waals surface area (Å²) in [5.74, 6) is -0.229. The Morgan fingerprint density at radius 2 is 2.06 bits per heavy atom. The van der Waals surface area contributed by atoms with Crippen LogP contribution < -0.4 is 5.32 Å². The molecule has 0 amide bonds. The van der Waals surface area contributed by atoms with E-state index in [9.17, 15) is 4.79 Å². The summed E-state index contributed by atoms with van der Waals surface area (Å²) in [7, 11) is 0. The minimum Gasteiger partial charge on any atom is -0.313 e. The molecule has 1 unspecified atom stereocenters. The number of nitrogens with one attached hydrogen (secondary N) is 1. The van der Waals surface area contributed by atoms with Gasteiger partial charge in [-0.3, -0.25) is 0 Å². The topological polar surface area (TPSA) is 29.1 Å². The predicted molar refractivity (Wildman–Crippen MR) is 68.4 cm³/mol. The molecule has 1 aromatic carbocycles. The summed E-state index contributed by atoms with van der Waals surface area (Å²) in [6.45, 7) is 4.65. The zero-order valence-corrected chi connectivity index (χ0v) is 10.8. The molecule has 1 aromatic rings. The van der Waals surface area contributed by atoms with E-state index >= 15 is 0 Å². The third kappa shape index (κ3) is 3.78. The maximum absolute atomic E-state index is 11.0. The second-order valence-electron chi connectivity index (χ2n) is 3.97. The average Bonchev–Trinajstić information content (AvgIpc) is 2.21. The summed E-state index contributed by atoms with van der Waals surface area (Å²) in [5.41, 5.74) is 0.814. The lowest BCUT2D eigenvalue weighted by Crippen LogP contribution is -2.28. The van der Waals surface area contributed by atoms with Gasteiger partial charge in [0, 0.05) is 22.6 Å². The van der Waals surface area contributed by atoms with Gasteiger partial charge in [0.15, 0.2) is 0 Å². The molecule has 0 fully saturated rings. The quantitative estimate of drug-likeness (QED) is 0.823. The highest BCUT2D eigenvalue weighted by Crippen LogP contribution is 2.26. The summed E-state index contributed by atoms with van der Waals surface area (Å²) >= 11 is 11.9. The Hall–Kier alpha value is -0.570. The van der Waals surface area contributed by atoms with Crippen LogP contribution >= 0.6 is 23.2 Å². The largest absolute Gasteiger partial charge is 0.313 e. The molecule has 4 heteroatoms. The van der Waals surface area contributed by atoms with E-state index in [-0.39, 0.29) is 5.92 Å². The van der Waals surface area contributed by atoms with Crippen LogP contribution in [0.25, 0.3) is 0 Å². The number of rotatable bonds is 5. The normalized spacial score (nSPS) is 12.8. The molecule has 1 rings (SSSR count). The Morgan fingerprint density at radius 1 is 1.38 bits per heavy atom. The van der Waals surface area contributed by atoms with Gasteiger partial charge in [0.1, 0.15) is 6.29 Å². The lowest BCUT2D eigenvalue weighted by Gasteiger charge is -2.15. The van der Waals surface area contributed by atoms with E-state index in [1.165, 1.54) is 0 Å². The number of hydrogen-bond donors (Lipinski definition) is 1. The summed E-state index contributed by atoms with van der Waals surface area (Å²) in [4.78, 5) is 11.0. The van der Waals surface area contributed by atoms with E-state index < -0.39 is 0 Å². The van der Waals surface area contributed by atoms with Crippen LogP contribution in [0.5, 0.6) is 0 Å². The summed E-state index contributed by atoms with van der Waals surface area (Å²) < 4.78 is 0. The highest BCUT2D eigenvalue weighted by atomic mass is 35.5. The first-order valence-electron chi connectivity index (χ1n) is 5.18. The van der Waals surface area contributed by atoms with Crippen molar-refractivity contribution in [3.05, 3.63) is 33.8 Å². The first-order chi connectivity index (χ1) is 7.54. The van der Waals surface area contributed by atoms with Crippen LogP contribution in [0, 0.1) is 0 Å². The van der Waals surface area contributed by atoms with Gasteiger partial charge in [-0.1, -0.05) is 43.1 Å². The molecule has 0 saturated heterocycles. The Kier molecular flexibility index (Phi) is 5.26. The van der Waals surface area contributed by atoms with Crippen molar-refractivity contribution in [2.45, 2.75) is 25.8 Å². The molecular formula is C12H15Cl2NO. The van der Waals surface area contributed by atoms with Crippen molar-refractivity contribution in [3.8, 4) is 0 Å². The Balaban J connectivity index is 2.82.